The molecule has 2 fully saturated rings. The second-order valence-electron chi connectivity index (χ2n) is 6.73. The summed E-state index contributed by atoms with van der Waals surface area (Å²) in [4.78, 5) is 0. The van der Waals surface area contributed by atoms with Gasteiger partial charge in [-0.25, -0.2) is 0 Å². The minimum absolute atomic E-state index is 0.204. The highest BCUT2D eigenvalue weighted by Gasteiger charge is 2.40. The Morgan fingerprint density at radius 1 is 0.867 bits per heavy atom. The average molecular weight is 209 g/mol. The van der Waals surface area contributed by atoms with Crippen LogP contribution in [0.5, 0.6) is 0 Å². The number of nitrogens with two attached hydrogens (primary N) is 1. The smallest absolute Gasteiger partial charge is 0.0183 e. The fourth-order valence-corrected chi connectivity index (χ4v) is 3.48. The molecule has 0 aromatic carbocycles. The van der Waals surface area contributed by atoms with Crippen LogP contribution in [0.1, 0.15) is 71.6 Å². The molecule has 0 aromatic rings. The Labute approximate surface area is 94.8 Å². The van der Waals surface area contributed by atoms with Crippen LogP contribution in [0, 0.1) is 11.3 Å². The van der Waals surface area contributed by atoms with Crippen molar-refractivity contribution >= 4 is 0 Å². The minimum Gasteiger partial charge on any atom is -0.325 e. The largest absolute Gasteiger partial charge is 0.325 e. The second-order valence-corrected chi connectivity index (χ2v) is 6.73. The normalized spacial score (nSPS) is 31.4. The Morgan fingerprint density at radius 3 is 1.93 bits per heavy atom. The van der Waals surface area contributed by atoms with Gasteiger partial charge in [-0.2, -0.15) is 0 Å². The molecule has 0 saturated heterocycles. The van der Waals surface area contributed by atoms with E-state index in [9.17, 15) is 0 Å². The van der Waals surface area contributed by atoms with Crippen LogP contribution < -0.4 is 5.73 Å². The van der Waals surface area contributed by atoms with Crippen molar-refractivity contribution in [1.29, 1.82) is 0 Å². The molecule has 2 rings (SSSR count). The van der Waals surface area contributed by atoms with Gasteiger partial charge in [-0.15, -0.1) is 0 Å². The molecule has 2 aliphatic rings. The summed E-state index contributed by atoms with van der Waals surface area (Å²) in [5, 5.41) is 0. The third-order valence-electron chi connectivity index (χ3n) is 4.95. The molecular weight excluding hydrogens is 182 g/mol. The summed E-state index contributed by atoms with van der Waals surface area (Å²) in [5.41, 5.74) is 7.41. The van der Waals surface area contributed by atoms with E-state index in [1.54, 1.807) is 0 Å². The van der Waals surface area contributed by atoms with Crippen molar-refractivity contribution in [2.24, 2.45) is 17.1 Å². The number of hydrogen-bond acceptors (Lipinski definition) is 1. The predicted octanol–water partition coefficient (Wildman–Crippen LogP) is 3.86. The van der Waals surface area contributed by atoms with Gasteiger partial charge in [0, 0.05) is 5.54 Å². The lowest BCUT2D eigenvalue weighted by Crippen LogP contribution is -2.51. The summed E-state index contributed by atoms with van der Waals surface area (Å²) >= 11 is 0. The number of rotatable bonds is 1. The molecule has 2 N–H and O–H groups in total. The topological polar surface area (TPSA) is 26.0 Å². The van der Waals surface area contributed by atoms with E-state index in [2.05, 4.69) is 13.8 Å². The Bertz CT molecular complexity index is 203. The van der Waals surface area contributed by atoms with E-state index in [1.165, 1.54) is 57.8 Å². The lowest BCUT2D eigenvalue weighted by molar-refractivity contribution is 0.0964. The van der Waals surface area contributed by atoms with Crippen molar-refractivity contribution in [2.75, 3.05) is 0 Å². The van der Waals surface area contributed by atoms with E-state index in [4.69, 9.17) is 5.73 Å². The van der Waals surface area contributed by atoms with Crippen LogP contribution in [0.4, 0.5) is 0 Å². The van der Waals surface area contributed by atoms with Gasteiger partial charge in [0.15, 0.2) is 0 Å². The van der Waals surface area contributed by atoms with Crippen LogP contribution in [0.15, 0.2) is 0 Å². The summed E-state index contributed by atoms with van der Waals surface area (Å²) in [6.07, 6.45) is 12.3. The van der Waals surface area contributed by atoms with Crippen LogP contribution >= 0.6 is 0 Å². The van der Waals surface area contributed by atoms with Crippen molar-refractivity contribution in [2.45, 2.75) is 77.2 Å². The molecule has 0 unspecified atom stereocenters. The van der Waals surface area contributed by atoms with Gasteiger partial charge in [-0.1, -0.05) is 33.1 Å². The first-order valence-electron chi connectivity index (χ1n) is 6.81. The molecule has 0 aromatic heterocycles. The van der Waals surface area contributed by atoms with Crippen molar-refractivity contribution in [1.82, 2.24) is 0 Å². The van der Waals surface area contributed by atoms with Gasteiger partial charge in [-0.05, 0) is 49.9 Å². The predicted molar refractivity (Wildman–Crippen MR) is 65.7 cm³/mol. The van der Waals surface area contributed by atoms with Crippen LogP contribution in [-0.2, 0) is 0 Å². The average Bonchev–Trinajstić information content (AvgIpc) is 2.24. The highest BCUT2D eigenvalue weighted by atomic mass is 14.8. The standard InChI is InChI=1S/C14H27N/c1-13(2)8-10-14(15,11-9-13)12-6-4-3-5-7-12/h12H,3-11,15H2,1-2H3. The van der Waals surface area contributed by atoms with E-state index in [0.29, 0.717) is 5.41 Å². The lowest BCUT2D eigenvalue weighted by Gasteiger charge is -2.47. The molecule has 1 heteroatoms. The first-order valence-corrected chi connectivity index (χ1v) is 6.81. The molecule has 0 atom stereocenters. The second kappa shape index (κ2) is 4.08. The van der Waals surface area contributed by atoms with Crippen molar-refractivity contribution < 1.29 is 0 Å². The monoisotopic (exact) mass is 209 g/mol. The molecule has 2 saturated carbocycles. The summed E-state index contributed by atoms with van der Waals surface area (Å²) in [6, 6.07) is 0. The maximum atomic E-state index is 6.65. The lowest BCUT2D eigenvalue weighted by atomic mass is 9.62. The van der Waals surface area contributed by atoms with Crippen molar-refractivity contribution in [3.05, 3.63) is 0 Å². The van der Waals surface area contributed by atoms with Gasteiger partial charge in [0.1, 0.15) is 0 Å². The maximum absolute atomic E-state index is 6.65. The zero-order valence-corrected chi connectivity index (χ0v) is 10.5. The first-order chi connectivity index (χ1) is 7.02. The SMILES string of the molecule is CC1(C)CCC(N)(C2CCCCC2)CC1. The quantitative estimate of drug-likeness (QED) is 0.697. The summed E-state index contributed by atoms with van der Waals surface area (Å²) in [7, 11) is 0. The van der Waals surface area contributed by atoms with E-state index in [0.717, 1.165) is 5.92 Å². The van der Waals surface area contributed by atoms with Gasteiger partial charge in [-0.3, -0.25) is 0 Å². The fraction of sp³-hybridized carbons (Fsp3) is 1.00. The number of hydrogen-bond donors (Lipinski definition) is 1. The third-order valence-corrected chi connectivity index (χ3v) is 4.95. The van der Waals surface area contributed by atoms with Gasteiger partial charge >= 0.3 is 0 Å². The van der Waals surface area contributed by atoms with Gasteiger partial charge < -0.3 is 5.73 Å². The molecular formula is C14H27N. The summed E-state index contributed by atoms with van der Waals surface area (Å²) in [6.45, 7) is 4.79. The van der Waals surface area contributed by atoms with Crippen LogP contribution in [0.2, 0.25) is 0 Å². The summed E-state index contributed by atoms with van der Waals surface area (Å²) in [5.74, 6) is 0.836. The molecule has 0 heterocycles. The molecule has 2 aliphatic carbocycles. The maximum Gasteiger partial charge on any atom is 0.0183 e. The van der Waals surface area contributed by atoms with E-state index in [1.807, 2.05) is 0 Å². The molecule has 1 nitrogen and oxygen atoms in total. The van der Waals surface area contributed by atoms with Crippen LogP contribution in [0.3, 0.4) is 0 Å². The Balaban J connectivity index is 1.95. The highest BCUT2D eigenvalue weighted by Crippen LogP contribution is 2.45. The minimum atomic E-state index is 0.204. The van der Waals surface area contributed by atoms with Crippen molar-refractivity contribution in [3.8, 4) is 0 Å². The molecule has 0 spiro atoms. The molecule has 88 valence electrons. The van der Waals surface area contributed by atoms with E-state index >= 15 is 0 Å². The van der Waals surface area contributed by atoms with E-state index in [-0.39, 0.29) is 5.54 Å². The molecule has 0 amide bonds. The Hall–Kier alpha value is -0.0400. The first kappa shape index (κ1) is 11.4. The molecule has 15 heavy (non-hydrogen) atoms. The molecule has 0 radical (unpaired) electrons. The zero-order valence-electron chi connectivity index (χ0n) is 10.5. The highest BCUT2D eigenvalue weighted by molar-refractivity contribution is 4.98. The summed E-state index contributed by atoms with van der Waals surface area (Å²) < 4.78 is 0. The molecule has 0 bridgehead atoms. The van der Waals surface area contributed by atoms with Crippen LogP contribution in [-0.4, -0.2) is 5.54 Å². The fourth-order valence-electron chi connectivity index (χ4n) is 3.48. The zero-order chi connectivity index (χ0) is 10.9. The Morgan fingerprint density at radius 2 is 1.40 bits per heavy atom. The van der Waals surface area contributed by atoms with Crippen LogP contribution in [0.25, 0.3) is 0 Å². The van der Waals surface area contributed by atoms with Gasteiger partial charge in [0.25, 0.3) is 0 Å². The Kier molecular flexibility index (Phi) is 3.12. The van der Waals surface area contributed by atoms with Gasteiger partial charge in [0.2, 0.25) is 0 Å². The van der Waals surface area contributed by atoms with Crippen molar-refractivity contribution in [3.63, 3.8) is 0 Å². The van der Waals surface area contributed by atoms with Gasteiger partial charge in [0.05, 0.1) is 0 Å². The van der Waals surface area contributed by atoms with E-state index < -0.39 is 0 Å². The molecule has 0 aliphatic heterocycles. The third kappa shape index (κ3) is 2.55.